The molecule has 0 aromatic carbocycles. The van der Waals surface area contributed by atoms with Crippen molar-refractivity contribution in [3.05, 3.63) is 0 Å². The molecule has 2 rings (SSSR count). The first-order valence-electron chi connectivity index (χ1n) is 4.77. The lowest BCUT2D eigenvalue weighted by Crippen LogP contribution is -2.33. The van der Waals surface area contributed by atoms with Crippen molar-refractivity contribution in [2.75, 3.05) is 13.2 Å². The molecule has 4 heteroatoms. The average molecular weight is 185 g/mol. The first-order chi connectivity index (χ1) is 6.20. The Labute approximate surface area is 77.3 Å². The van der Waals surface area contributed by atoms with Crippen LogP contribution in [0.5, 0.6) is 0 Å². The molecule has 1 saturated heterocycles. The Kier molecular flexibility index (Phi) is 2.26. The van der Waals surface area contributed by atoms with Crippen molar-refractivity contribution < 1.29 is 14.6 Å². The fourth-order valence-corrected chi connectivity index (χ4v) is 1.96. The topological polar surface area (TPSA) is 58.6 Å². The molecule has 0 radical (unpaired) electrons. The second kappa shape index (κ2) is 3.27. The highest BCUT2D eigenvalue weighted by Gasteiger charge is 2.58. The Hall–Kier alpha value is -0.610. The fourth-order valence-electron chi connectivity index (χ4n) is 1.96. The van der Waals surface area contributed by atoms with Gasteiger partial charge in [-0.25, -0.2) is 0 Å². The van der Waals surface area contributed by atoms with Gasteiger partial charge in [-0.3, -0.25) is 4.79 Å². The normalized spacial score (nSPS) is 38.2. The molecule has 13 heavy (non-hydrogen) atoms. The Morgan fingerprint density at radius 1 is 1.77 bits per heavy atom. The van der Waals surface area contributed by atoms with E-state index in [1.165, 1.54) is 0 Å². The van der Waals surface area contributed by atoms with Gasteiger partial charge in [-0.05, 0) is 13.3 Å². The van der Waals surface area contributed by atoms with Crippen LogP contribution in [0.15, 0.2) is 0 Å². The summed E-state index contributed by atoms with van der Waals surface area (Å²) in [7, 11) is 0. The molecule has 1 aliphatic carbocycles. The summed E-state index contributed by atoms with van der Waals surface area (Å²) >= 11 is 0. The molecule has 1 heterocycles. The summed E-state index contributed by atoms with van der Waals surface area (Å²) in [5.74, 6) is 0.553. The highest BCUT2D eigenvalue weighted by Crippen LogP contribution is 2.48. The van der Waals surface area contributed by atoms with Crippen LogP contribution >= 0.6 is 0 Å². The summed E-state index contributed by atoms with van der Waals surface area (Å²) in [6.45, 7) is 2.80. The van der Waals surface area contributed by atoms with Crippen LogP contribution in [-0.2, 0) is 9.53 Å². The number of hydrogen-bond donors (Lipinski definition) is 2. The monoisotopic (exact) mass is 185 g/mol. The van der Waals surface area contributed by atoms with Gasteiger partial charge >= 0.3 is 0 Å². The molecule has 4 atom stereocenters. The van der Waals surface area contributed by atoms with Gasteiger partial charge in [0.15, 0.2) is 0 Å². The Morgan fingerprint density at radius 2 is 2.54 bits per heavy atom. The smallest absolute Gasteiger partial charge is 0.226 e. The Balaban J connectivity index is 1.74. The molecule has 1 amide bonds. The van der Waals surface area contributed by atoms with Gasteiger partial charge < -0.3 is 15.2 Å². The van der Waals surface area contributed by atoms with Gasteiger partial charge in [0.25, 0.3) is 0 Å². The number of aliphatic hydroxyl groups excluding tert-OH is 1. The van der Waals surface area contributed by atoms with E-state index in [2.05, 4.69) is 5.32 Å². The average Bonchev–Trinajstić information content (AvgIpc) is 2.56. The van der Waals surface area contributed by atoms with Crippen molar-refractivity contribution in [2.24, 2.45) is 11.8 Å². The van der Waals surface area contributed by atoms with E-state index in [1.54, 1.807) is 6.92 Å². The highest BCUT2D eigenvalue weighted by molar-refractivity contribution is 5.83. The van der Waals surface area contributed by atoms with Gasteiger partial charge in [-0.1, -0.05) is 0 Å². The molecule has 0 aromatic heterocycles. The van der Waals surface area contributed by atoms with Crippen LogP contribution in [-0.4, -0.2) is 36.4 Å². The van der Waals surface area contributed by atoms with Crippen LogP contribution in [0.4, 0.5) is 0 Å². The fraction of sp³-hybridized carbons (Fsp3) is 0.889. The minimum atomic E-state index is -0.469. The van der Waals surface area contributed by atoms with E-state index >= 15 is 0 Å². The van der Waals surface area contributed by atoms with Crippen molar-refractivity contribution in [2.45, 2.75) is 25.6 Å². The van der Waals surface area contributed by atoms with E-state index in [0.29, 0.717) is 12.5 Å². The number of fused-ring (bicyclic) bond motifs is 1. The summed E-state index contributed by atoms with van der Waals surface area (Å²) in [5, 5.41) is 11.7. The molecular weight excluding hydrogens is 170 g/mol. The number of ether oxygens (including phenoxy) is 1. The van der Waals surface area contributed by atoms with Crippen LogP contribution in [0, 0.1) is 11.8 Å². The molecule has 1 saturated carbocycles. The van der Waals surface area contributed by atoms with Crippen LogP contribution in [0.3, 0.4) is 0 Å². The molecular formula is C9H15NO3. The van der Waals surface area contributed by atoms with Crippen LogP contribution < -0.4 is 5.32 Å². The number of carbonyl (C=O) groups excluding carboxylic acids is 1. The van der Waals surface area contributed by atoms with Gasteiger partial charge in [0, 0.05) is 19.1 Å². The largest absolute Gasteiger partial charge is 0.392 e. The molecule has 0 bridgehead atoms. The quantitative estimate of drug-likeness (QED) is 0.624. The number of amides is 1. The van der Waals surface area contributed by atoms with Gasteiger partial charge in [0.1, 0.15) is 0 Å². The predicted molar refractivity (Wildman–Crippen MR) is 46.0 cm³/mol. The lowest BCUT2D eigenvalue weighted by Gasteiger charge is -2.07. The zero-order valence-electron chi connectivity index (χ0n) is 7.69. The molecule has 1 aliphatic heterocycles. The molecule has 0 aromatic rings. The SMILES string of the molecule is CC(O)CNC(=O)C1C2CCOC21. The Morgan fingerprint density at radius 3 is 3.08 bits per heavy atom. The Bertz CT molecular complexity index is 207. The third-order valence-corrected chi connectivity index (χ3v) is 2.73. The zero-order valence-corrected chi connectivity index (χ0v) is 7.69. The van der Waals surface area contributed by atoms with Gasteiger partial charge in [0.05, 0.1) is 18.1 Å². The maximum atomic E-state index is 11.4. The van der Waals surface area contributed by atoms with E-state index in [4.69, 9.17) is 9.84 Å². The minimum Gasteiger partial charge on any atom is -0.392 e. The number of aliphatic hydroxyl groups is 1. The molecule has 4 nitrogen and oxygen atoms in total. The first kappa shape index (κ1) is 8.97. The maximum Gasteiger partial charge on any atom is 0.226 e. The van der Waals surface area contributed by atoms with Crippen molar-refractivity contribution in [3.63, 3.8) is 0 Å². The van der Waals surface area contributed by atoms with Crippen LogP contribution in [0.25, 0.3) is 0 Å². The van der Waals surface area contributed by atoms with E-state index in [0.717, 1.165) is 13.0 Å². The third-order valence-electron chi connectivity index (χ3n) is 2.73. The zero-order chi connectivity index (χ0) is 9.42. The van der Waals surface area contributed by atoms with E-state index in [1.807, 2.05) is 0 Å². The lowest BCUT2D eigenvalue weighted by molar-refractivity contribution is -0.124. The first-order valence-corrected chi connectivity index (χ1v) is 4.77. The predicted octanol–water partition coefficient (Wildman–Crippen LogP) is -0.482. The maximum absolute atomic E-state index is 11.4. The highest BCUT2D eigenvalue weighted by atomic mass is 16.5. The standard InChI is InChI=1S/C9H15NO3/c1-5(11)4-10-9(12)7-6-2-3-13-8(6)7/h5-8,11H,2-4H2,1H3,(H,10,12). The summed E-state index contributed by atoms with van der Waals surface area (Å²) in [4.78, 5) is 11.4. The molecule has 4 unspecified atom stereocenters. The summed E-state index contributed by atoms with van der Waals surface area (Å²) in [6, 6.07) is 0. The minimum absolute atomic E-state index is 0.0376. The number of nitrogens with one attached hydrogen (secondary N) is 1. The second-order valence-corrected chi connectivity index (χ2v) is 3.91. The summed E-state index contributed by atoms with van der Waals surface area (Å²) < 4.78 is 5.34. The third kappa shape index (κ3) is 1.69. The number of hydrogen-bond acceptors (Lipinski definition) is 3. The van der Waals surface area contributed by atoms with Crippen molar-refractivity contribution in [1.82, 2.24) is 5.32 Å². The molecule has 74 valence electrons. The number of carbonyl (C=O) groups is 1. The second-order valence-electron chi connectivity index (χ2n) is 3.91. The molecule has 2 aliphatic rings. The van der Waals surface area contributed by atoms with Gasteiger partial charge in [-0.15, -0.1) is 0 Å². The van der Waals surface area contributed by atoms with Crippen LogP contribution in [0.1, 0.15) is 13.3 Å². The van der Waals surface area contributed by atoms with E-state index in [9.17, 15) is 4.79 Å². The molecule has 0 spiro atoms. The lowest BCUT2D eigenvalue weighted by atomic mass is 10.2. The molecule has 2 N–H and O–H groups in total. The number of rotatable bonds is 3. The van der Waals surface area contributed by atoms with E-state index in [-0.39, 0.29) is 17.9 Å². The van der Waals surface area contributed by atoms with Gasteiger partial charge in [0.2, 0.25) is 5.91 Å². The summed E-state index contributed by atoms with van der Waals surface area (Å²) in [6.07, 6.45) is 0.717. The van der Waals surface area contributed by atoms with Crippen molar-refractivity contribution in [3.8, 4) is 0 Å². The van der Waals surface area contributed by atoms with Crippen molar-refractivity contribution in [1.29, 1.82) is 0 Å². The van der Waals surface area contributed by atoms with Crippen LogP contribution in [0.2, 0.25) is 0 Å². The van der Waals surface area contributed by atoms with Crippen molar-refractivity contribution >= 4 is 5.91 Å². The van der Waals surface area contributed by atoms with Gasteiger partial charge in [-0.2, -0.15) is 0 Å². The van der Waals surface area contributed by atoms with E-state index < -0.39 is 6.10 Å². The molecule has 2 fully saturated rings. The summed E-state index contributed by atoms with van der Waals surface area (Å²) in [5.41, 5.74) is 0.